The van der Waals surface area contributed by atoms with Crippen molar-refractivity contribution in [1.82, 2.24) is 0 Å². The van der Waals surface area contributed by atoms with Gasteiger partial charge in [-0.3, -0.25) is 0 Å². The summed E-state index contributed by atoms with van der Waals surface area (Å²) in [6.45, 7) is 15.9. The average molecular weight is 409 g/mol. The number of hydrogen-bond donors (Lipinski definition) is 1. The fourth-order valence-corrected chi connectivity index (χ4v) is 4.38. The summed E-state index contributed by atoms with van der Waals surface area (Å²) in [5.41, 5.74) is 1.01. The third-order valence-electron chi connectivity index (χ3n) is 5.12. The third-order valence-corrected chi connectivity index (χ3v) is 6.00. The number of rotatable bonds is 7. The summed E-state index contributed by atoms with van der Waals surface area (Å²) in [4.78, 5) is 0. The fourth-order valence-electron chi connectivity index (χ4n) is 3.78. The van der Waals surface area contributed by atoms with E-state index in [1.165, 1.54) is 0 Å². The van der Waals surface area contributed by atoms with Crippen LogP contribution in [-0.4, -0.2) is 55.8 Å². The van der Waals surface area contributed by atoms with Crippen molar-refractivity contribution in [3.05, 3.63) is 24.8 Å². The van der Waals surface area contributed by atoms with Gasteiger partial charge in [-0.15, -0.1) is 12.1 Å². The van der Waals surface area contributed by atoms with Crippen molar-refractivity contribution in [3.63, 3.8) is 0 Å². The molecule has 28 heavy (non-hydrogen) atoms. The van der Waals surface area contributed by atoms with Gasteiger partial charge in [0.05, 0.1) is 0 Å². The molecule has 2 rings (SSSR count). The standard InChI is InChI=1S/C22H36O5Si/c1-9-11-13-21(23,15-16-28(6,7)8)19-22(24-5,14-12-10-2)17-18(25-19)27-20(3,4)26-17/h9-10,12,17-19,23H,1,11,13-14H2,2-8H3/b12-10-/t17-,18+,19-,21+,22-/m0/s1. The van der Waals surface area contributed by atoms with Gasteiger partial charge in [0.2, 0.25) is 0 Å². The maximum Gasteiger partial charge on any atom is 0.190 e. The highest BCUT2D eigenvalue weighted by Crippen LogP contribution is 2.50. The van der Waals surface area contributed by atoms with E-state index in [4.69, 9.17) is 18.9 Å². The van der Waals surface area contributed by atoms with Crippen LogP contribution in [0.5, 0.6) is 0 Å². The van der Waals surface area contributed by atoms with E-state index in [0.717, 1.165) is 0 Å². The first-order valence-electron chi connectivity index (χ1n) is 9.98. The molecule has 0 aromatic rings. The minimum atomic E-state index is -1.71. The Bertz CT molecular complexity index is 656. The summed E-state index contributed by atoms with van der Waals surface area (Å²) in [6, 6.07) is 0. The lowest BCUT2D eigenvalue weighted by atomic mass is 9.77. The van der Waals surface area contributed by atoms with E-state index >= 15 is 0 Å². The molecule has 0 bridgehead atoms. The Balaban J connectivity index is 2.53. The predicted octanol–water partition coefficient (Wildman–Crippen LogP) is 3.79. The summed E-state index contributed by atoms with van der Waals surface area (Å²) in [5.74, 6) is 2.39. The van der Waals surface area contributed by atoms with Crippen molar-refractivity contribution >= 4 is 8.07 Å². The predicted molar refractivity (Wildman–Crippen MR) is 113 cm³/mol. The molecule has 0 aliphatic carbocycles. The lowest BCUT2D eigenvalue weighted by molar-refractivity contribution is -0.254. The zero-order valence-corrected chi connectivity index (χ0v) is 19.4. The summed E-state index contributed by atoms with van der Waals surface area (Å²) in [5, 5.41) is 11.7. The van der Waals surface area contributed by atoms with E-state index in [0.29, 0.717) is 19.3 Å². The molecule has 0 amide bonds. The van der Waals surface area contributed by atoms with Gasteiger partial charge >= 0.3 is 0 Å². The smallest absolute Gasteiger partial charge is 0.190 e. The second-order valence-electron chi connectivity index (χ2n) is 9.12. The minimum absolute atomic E-state index is 0.405. The first kappa shape index (κ1) is 23.3. The molecule has 1 N–H and O–H groups in total. The maximum absolute atomic E-state index is 11.7. The summed E-state index contributed by atoms with van der Waals surface area (Å²) < 4.78 is 24.5. The number of ether oxygens (including phenoxy) is 4. The van der Waals surface area contributed by atoms with Gasteiger partial charge in [0.25, 0.3) is 0 Å². The molecular formula is C22H36O5Si. The first-order chi connectivity index (χ1) is 12.9. The average Bonchev–Trinajstić information content (AvgIpc) is 3.07. The van der Waals surface area contributed by atoms with Crippen LogP contribution in [0.3, 0.4) is 0 Å². The Kier molecular flexibility index (Phi) is 7.02. The van der Waals surface area contributed by atoms with E-state index in [1.54, 1.807) is 13.2 Å². The molecule has 2 aliphatic rings. The van der Waals surface area contributed by atoms with Crippen LogP contribution in [0.15, 0.2) is 24.8 Å². The third kappa shape index (κ3) is 4.78. The fraction of sp³-hybridized carbons (Fsp3) is 0.727. The normalized spacial score (nSPS) is 33.9. The Labute approximate surface area is 171 Å². The quantitative estimate of drug-likeness (QED) is 0.395. The van der Waals surface area contributed by atoms with Crippen molar-refractivity contribution in [1.29, 1.82) is 0 Å². The second-order valence-corrected chi connectivity index (χ2v) is 13.9. The van der Waals surface area contributed by atoms with E-state index < -0.39 is 43.6 Å². The highest BCUT2D eigenvalue weighted by Gasteiger charge is 2.68. The van der Waals surface area contributed by atoms with Crippen molar-refractivity contribution in [2.45, 2.75) is 95.2 Å². The van der Waals surface area contributed by atoms with Gasteiger partial charge in [-0.1, -0.05) is 43.8 Å². The van der Waals surface area contributed by atoms with Crippen LogP contribution in [0.4, 0.5) is 0 Å². The summed E-state index contributed by atoms with van der Waals surface area (Å²) >= 11 is 0. The van der Waals surface area contributed by atoms with Gasteiger partial charge in [0.15, 0.2) is 17.7 Å². The molecule has 5 atom stereocenters. The van der Waals surface area contributed by atoms with Crippen molar-refractivity contribution < 1.29 is 24.1 Å². The van der Waals surface area contributed by atoms with E-state index in [-0.39, 0.29) is 0 Å². The molecule has 0 spiro atoms. The number of methoxy groups -OCH3 is 1. The topological polar surface area (TPSA) is 57.2 Å². The number of fused-ring (bicyclic) bond motifs is 1. The Morgan fingerprint density at radius 3 is 2.50 bits per heavy atom. The molecule has 0 aromatic carbocycles. The van der Waals surface area contributed by atoms with Crippen LogP contribution in [0, 0.1) is 11.5 Å². The number of allylic oxidation sites excluding steroid dienone is 2. The second kappa shape index (κ2) is 8.43. The van der Waals surface area contributed by atoms with Crippen LogP contribution in [0.2, 0.25) is 19.6 Å². The molecule has 158 valence electrons. The van der Waals surface area contributed by atoms with Gasteiger partial charge in [-0.2, -0.15) is 0 Å². The first-order valence-corrected chi connectivity index (χ1v) is 13.5. The van der Waals surface area contributed by atoms with Crippen LogP contribution in [0.1, 0.15) is 40.0 Å². The molecule has 0 unspecified atom stereocenters. The molecule has 0 saturated carbocycles. The minimum Gasteiger partial charge on any atom is -0.375 e. The maximum atomic E-state index is 11.7. The van der Waals surface area contributed by atoms with Crippen molar-refractivity contribution in [2.24, 2.45) is 0 Å². The monoisotopic (exact) mass is 408 g/mol. The van der Waals surface area contributed by atoms with Gasteiger partial charge in [0.1, 0.15) is 25.9 Å². The number of hydrogen-bond acceptors (Lipinski definition) is 5. The zero-order chi connectivity index (χ0) is 21.2. The lowest BCUT2D eigenvalue weighted by Gasteiger charge is -2.42. The van der Waals surface area contributed by atoms with Gasteiger partial charge in [-0.25, -0.2) is 0 Å². The molecular weight excluding hydrogens is 372 g/mol. The van der Waals surface area contributed by atoms with Crippen LogP contribution >= 0.6 is 0 Å². The van der Waals surface area contributed by atoms with Gasteiger partial charge in [-0.05, 0) is 40.0 Å². The van der Waals surface area contributed by atoms with Crippen molar-refractivity contribution in [2.75, 3.05) is 7.11 Å². The largest absolute Gasteiger partial charge is 0.375 e. The molecule has 5 nitrogen and oxygen atoms in total. The zero-order valence-electron chi connectivity index (χ0n) is 18.4. The van der Waals surface area contributed by atoms with Gasteiger partial charge in [0, 0.05) is 7.11 Å². The summed E-state index contributed by atoms with van der Waals surface area (Å²) in [7, 11) is -0.0746. The van der Waals surface area contributed by atoms with E-state index in [2.05, 4.69) is 37.7 Å². The molecule has 2 fully saturated rings. The van der Waals surface area contributed by atoms with Crippen LogP contribution in [0.25, 0.3) is 0 Å². The molecule has 2 heterocycles. The van der Waals surface area contributed by atoms with Gasteiger partial charge < -0.3 is 24.1 Å². The molecule has 2 saturated heterocycles. The molecule has 2 aliphatic heterocycles. The highest BCUT2D eigenvalue weighted by atomic mass is 28.3. The Morgan fingerprint density at radius 1 is 1.29 bits per heavy atom. The van der Waals surface area contributed by atoms with Crippen LogP contribution in [-0.2, 0) is 18.9 Å². The molecule has 0 aromatic heterocycles. The Hall–Kier alpha value is -0.943. The van der Waals surface area contributed by atoms with Crippen LogP contribution < -0.4 is 0 Å². The summed E-state index contributed by atoms with van der Waals surface area (Å²) in [6.07, 6.45) is 5.51. The SMILES string of the molecule is C=CCC[C@@](O)(C#C[Si](C)(C)C)[C@@H]1O[C@@H]2OC(C)(C)O[C@@H]2[C@]1(C/C=C\C)OC. The highest BCUT2D eigenvalue weighted by molar-refractivity contribution is 6.83. The van der Waals surface area contributed by atoms with E-state index in [9.17, 15) is 5.11 Å². The molecule has 0 radical (unpaired) electrons. The molecule has 6 heteroatoms. The lowest BCUT2D eigenvalue weighted by Crippen LogP contribution is -2.59. The Morgan fingerprint density at radius 2 is 1.96 bits per heavy atom. The number of aliphatic hydroxyl groups is 1. The van der Waals surface area contributed by atoms with Crippen molar-refractivity contribution in [3.8, 4) is 11.5 Å². The van der Waals surface area contributed by atoms with E-state index in [1.807, 2.05) is 32.9 Å².